The summed E-state index contributed by atoms with van der Waals surface area (Å²) in [5, 5.41) is 3.64. The summed E-state index contributed by atoms with van der Waals surface area (Å²) in [6.45, 7) is 0. The van der Waals surface area contributed by atoms with Crippen LogP contribution < -0.4 is 5.32 Å². The summed E-state index contributed by atoms with van der Waals surface area (Å²) < 4.78 is -58.0. The van der Waals surface area contributed by atoms with E-state index >= 15 is 0 Å². The number of rotatable bonds is 38. The molecule has 0 aromatic heterocycles. The van der Waals surface area contributed by atoms with Crippen molar-refractivity contribution < 1.29 is 0 Å². The fraction of sp³-hybridized carbons (Fsp3) is 1.00. The first-order chi connectivity index (χ1) is 51.2. The highest BCUT2D eigenvalue weighted by atomic mass is 80.0. The van der Waals surface area contributed by atoms with Crippen LogP contribution in [-0.4, -0.2) is 127 Å². The maximum atomic E-state index is 4.15. The highest BCUT2D eigenvalue weighted by Crippen LogP contribution is 2.90. The predicted molar refractivity (Wildman–Crippen MR) is 844 cm³/mol. The van der Waals surface area contributed by atoms with Gasteiger partial charge in [0.15, 0.2) is 11.0 Å². The Morgan fingerprint density at radius 3 is 0.171 bits per heavy atom. The number of halogens is 82. The van der Waals surface area contributed by atoms with Gasteiger partial charge in [-0.2, -0.15) is 0 Å². The Morgan fingerprint density at radius 1 is 0.0650 bits per heavy atom. The van der Waals surface area contributed by atoms with Crippen molar-refractivity contribution in [1.29, 1.82) is 0 Å². The monoisotopic (exact) mass is 6970 g/mol. The van der Waals surface area contributed by atoms with Crippen molar-refractivity contribution in [1.82, 2.24) is 5.32 Å². The van der Waals surface area contributed by atoms with Crippen LogP contribution >= 0.6 is 1310 Å². The van der Waals surface area contributed by atoms with Crippen LogP contribution in [0.15, 0.2) is 0 Å². The van der Waals surface area contributed by atoms with Gasteiger partial charge in [0.05, 0.1) is 0 Å². The summed E-state index contributed by atoms with van der Waals surface area (Å²) >= 11 is 332. The number of nitrogens with one attached hydrogen (secondary N) is 1. The van der Waals surface area contributed by atoms with Crippen LogP contribution in [0.5, 0.6) is 0 Å². The molecule has 1 nitrogen and oxygen atoms in total. The minimum absolute atomic E-state index is 0.987. The molecule has 0 spiro atoms. The zero-order valence-corrected chi connectivity index (χ0v) is 182. The van der Waals surface area contributed by atoms with Gasteiger partial charge in [-0.3, -0.25) is 5.32 Å². The lowest BCUT2D eigenvalue weighted by Gasteiger charge is -2.63. The second-order valence-electron chi connectivity index (χ2n) is 22.9. The Balaban J connectivity index is 8.43. The molecule has 0 aliphatic rings. The molecule has 83 heteroatoms. The van der Waals surface area contributed by atoms with Crippen molar-refractivity contribution in [3.8, 4) is 0 Å². The smallest absolute Gasteiger partial charge is 0.162 e. The van der Waals surface area contributed by atoms with Gasteiger partial charge in [-0.1, -0.05) is 1310 Å². The Kier molecular flexibility index (Phi) is 69.6. The molecule has 0 aromatic carbocycles. The fourth-order valence-electron chi connectivity index (χ4n) is 7.41. The zero-order chi connectivity index (χ0) is 103. The minimum atomic E-state index is -1.59. The third kappa shape index (κ3) is 27.3. The van der Waals surface area contributed by atoms with E-state index in [0.717, 1.165) is 0 Å². The molecule has 0 radical (unpaired) electrons. The van der Waals surface area contributed by atoms with Gasteiger partial charge < -0.3 is 0 Å². The Hall–Kier alpha value is 39.3. The number of hydrogen-bond acceptors (Lipinski definition) is 1. The van der Waals surface area contributed by atoms with Gasteiger partial charge in [0.1, 0.15) is 116 Å². The molecule has 123 heavy (non-hydrogen) atoms. The van der Waals surface area contributed by atoms with Crippen molar-refractivity contribution in [3.05, 3.63) is 0 Å². The molecule has 0 amide bonds. The van der Waals surface area contributed by atoms with Gasteiger partial charge >= 0.3 is 0 Å². The van der Waals surface area contributed by atoms with E-state index in [4.69, 9.17) is 0 Å². The second kappa shape index (κ2) is 52.8. The topological polar surface area (TPSA) is 12.0 Å². The lowest BCUT2D eigenvalue weighted by Crippen LogP contribution is -2.75. The van der Waals surface area contributed by atoms with Gasteiger partial charge in [-0.15, -0.1) is 0 Å². The lowest BCUT2D eigenvalue weighted by atomic mass is 10.0. The van der Waals surface area contributed by atoms with E-state index in [1.54, 1.807) is 0 Å². The van der Waals surface area contributed by atoms with E-state index in [1.807, 2.05) is 0 Å². The van der Waals surface area contributed by atoms with Crippen molar-refractivity contribution in [2.75, 3.05) is 0 Å². The highest BCUT2D eigenvalue weighted by Gasteiger charge is 2.90. The van der Waals surface area contributed by atoms with Crippen LogP contribution in [-0.2, 0) is 0 Å². The van der Waals surface area contributed by atoms with Crippen LogP contribution in [0.2, 0.25) is 0 Å². The van der Waals surface area contributed by atoms with Gasteiger partial charge in [-0.05, 0) is 0 Å². The largest absolute Gasteiger partial charge is 0.265 e. The predicted octanol–water partition coefficient (Wildman–Crippen LogP) is 60.6. The molecule has 0 heterocycles. The third-order valence-corrected chi connectivity index (χ3v) is 191. The summed E-state index contributed by atoms with van der Waals surface area (Å²) in [6.07, 6.45) is 0. The van der Waals surface area contributed by atoms with Crippen LogP contribution in [0, 0.1) is 0 Å². The average molecular weight is 7050 g/mol. The number of hydrogen-bond donors (Lipinski definition) is 1. The second-order valence-corrected chi connectivity index (χ2v) is 167. The first-order valence-corrected chi connectivity index (χ1v) is 90.5. The van der Waals surface area contributed by atoms with E-state index in [0.29, 0.717) is 0 Å². The summed E-state index contributed by atoms with van der Waals surface area (Å²) in [6, 6.07) is 0. The van der Waals surface area contributed by atoms with Crippen molar-refractivity contribution in [2.24, 2.45) is 0 Å². The van der Waals surface area contributed by atoms with E-state index in [2.05, 4.69) is 1310 Å². The summed E-state index contributed by atoms with van der Waals surface area (Å²) in [7, 11) is 0. The Labute approximate surface area is 1400 Å². The first-order valence-electron chi connectivity index (χ1n) is 25.5. The Bertz CT molecular complexity index is 3520. The molecule has 0 saturated heterocycles. The molecule has 0 aliphatic carbocycles. The standard InChI is InChI=1S/C40HBr82N/c41-1(42,5(49,50)9(57,58)13(65,66)17(73,74)21(81,82)25(89,90)29(97,98)33(105,106)37(113,114)115)3(45,46)7(53,54)11(61,62)15(69,70)19(77,78)23(85,86)27(93,94)31(101,102)35(109,110)39(119,120)123-40(121,122)36(111,112)32(103,104)28(95,96)24(87,88)20(79,80)16(71,72)12(63,64)8(55,56)4(47,48)2(43,44)6(51,52)10(59,60)14(67,68)18(75,76)22(83,84)26(91,92)30(99,100)34(107,108)38(116,117)118/h123H. The van der Waals surface area contributed by atoms with Crippen LogP contribution in [0.3, 0.4) is 0 Å². The van der Waals surface area contributed by atoms with Crippen LogP contribution in [0.25, 0.3) is 0 Å². The molecule has 0 aromatic rings. The molecule has 0 atom stereocenters. The average Bonchev–Trinajstić information content (AvgIpc) is 0.676. The fourth-order valence-corrected chi connectivity index (χ4v) is 92.9. The first kappa shape index (κ1) is 162. The van der Waals surface area contributed by atoms with Crippen LogP contribution in [0.1, 0.15) is 0 Å². The van der Waals surface area contributed by atoms with Gasteiger partial charge in [0.2, 0.25) is 0 Å². The molecular weight excluding hydrogens is 7050 g/mol. The van der Waals surface area contributed by atoms with Crippen molar-refractivity contribution in [3.63, 3.8) is 0 Å². The zero-order valence-electron chi connectivity index (χ0n) is 51.5. The molecule has 0 rings (SSSR count). The van der Waals surface area contributed by atoms with E-state index in [1.165, 1.54) is 0 Å². The molecular formula is C40HBr82N. The van der Waals surface area contributed by atoms with Crippen molar-refractivity contribution in [2.45, 2.75) is 127 Å². The van der Waals surface area contributed by atoms with E-state index < -0.39 is 127 Å². The van der Waals surface area contributed by atoms with Crippen molar-refractivity contribution >= 4 is 1310 Å². The van der Waals surface area contributed by atoms with Gasteiger partial charge in [-0.25, -0.2) is 0 Å². The lowest BCUT2D eigenvalue weighted by molar-refractivity contribution is 0.470. The molecule has 0 saturated carbocycles. The normalized spacial score (nSPS) is 17.7. The maximum Gasteiger partial charge on any atom is 0.162 e. The minimum Gasteiger partial charge on any atom is -0.265 e. The molecule has 0 fully saturated rings. The third-order valence-electron chi connectivity index (χ3n) is 15.2. The Morgan fingerprint density at radius 2 is 0.114 bits per heavy atom. The maximum absolute atomic E-state index is 4.15. The summed E-state index contributed by atoms with van der Waals surface area (Å²) in [5.41, 5.74) is 0. The summed E-state index contributed by atoms with van der Waals surface area (Å²) in [4.78, 5) is 0. The van der Waals surface area contributed by atoms with E-state index in [-0.39, 0.29) is 0 Å². The van der Waals surface area contributed by atoms with Gasteiger partial charge in [0, 0.05) is 0 Å². The quantitative estimate of drug-likeness (QED) is 0.0480. The van der Waals surface area contributed by atoms with Crippen LogP contribution in [0.4, 0.5) is 0 Å². The molecule has 1 N–H and O–H groups in total. The molecule has 0 unspecified atom stereocenters. The van der Waals surface area contributed by atoms with E-state index in [9.17, 15) is 0 Å². The highest BCUT2D eigenvalue weighted by molar-refractivity contribution is 9.48. The molecule has 0 bridgehead atoms. The SMILES string of the molecule is BrC(Br)(Br)C(Br)(Br)C(Br)(Br)C(Br)(Br)C(Br)(Br)C(Br)(Br)C(Br)(Br)C(Br)(Br)C(Br)(Br)C(Br)(Br)C(Br)(Br)C(Br)(Br)C(Br)(Br)C(Br)(Br)C(Br)(Br)C(Br)(Br)C(Br)(Br)C(Br)(Br)C(Br)(Br)C(Br)(Br)NC(Br)(Br)C(Br)(Br)C(Br)(Br)C(Br)(Br)C(Br)(Br)C(Br)(Br)C(Br)(Br)C(Br)(Br)C(Br)(Br)C(Br)(Br)C(Br)(Br)C(Br)(Br)C(Br)(Br)C(Br)(Br)C(Br)(Br)C(Br)(Br)C(Br)(Br)C(Br)(Br)C(Br)(Br)C(Br)(Br)Br. The number of alkyl halides is 82. The molecule has 740 valence electrons. The molecule has 0 aliphatic heterocycles. The van der Waals surface area contributed by atoms with Gasteiger partial charge in [0.25, 0.3) is 0 Å². The summed E-state index contributed by atoms with van der Waals surface area (Å²) in [5.74, 6) is 0.